The number of benzene rings is 1. The number of halogens is 4. The molecule has 1 aromatic carbocycles. The molecule has 120 valence electrons. The minimum Gasteiger partial charge on any atom is -1.00 e. The van der Waals surface area contributed by atoms with Crippen molar-refractivity contribution >= 4 is 11.6 Å². The molecule has 0 amide bonds. The summed E-state index contributed by atoms with van der Waals surface area (Å²) in [6.07, 6.45) is -4.71. The molecule has 0 saturated carbocycles. The van der Waals surface area contributed by atoms with E-state index in [9.17, 15) is 27.7 Å². The van der Waals surface area contributed by atoms with Crippen molar-refractivity contribution in [3.63, 3.8) is 0 Å². The molecule has 0 bridgehead atoms. The molecule has 0 heterocycles. The molecule has 0 saturated heterocycles. The van der Waals surface area contributed by atoms with Gasteiger partial charge in [0.2, 0.25) is 11.7 Å². The van der Waals surface area contributed by atoms with Crippen LogP contribution in [0.3, 0.4) is 0 Å². The van der Waals surface area contributed by atoms with Gasteiger partial charge >= 0.3 is 41.4 Å². The second kappa shape index (κ2) is 10.4. The summed E-state index contributed by atoms with van der Waals surface area (Å²) in [5, 5.41) is 20.8. The average Bonchev–Trinajstić information content (AvgIpc) is 2.38. The first-order valence-corrected chi connectivity index (χ1v) is 5.46. The number of hydrogen-bond acceptors (Lipinski definition) is 5. The van der Waals surface area contributed by atoms with Gasteiger partial charge in [0.1, 0.15) is 0 Å². The maximum absolute atomic E-state index is 12.6. The zero-order valence-electron chi connectivity index (χ0n) is 13.0. The van der Waals surface area contributed by atoms with Crippen LogP contribution in [-0.2, 0) is 10.9 Å². The van der Waals surface area contributed by atoms with Crippen LogP contribution in [0.1, 0.15) is 20.8 Å². The van der Waals surface area contributed by atoms with Crippen LogP contribution >= 0.6 is 0 Å². The van der Waals surface area contributed by atoms with Crippen molar-refractivity contribution in [2.45, 2.75) is 20.0 Å². The maximum Gasteiger partial charge on any atom is 1.00 e. The molecule has 1 N–H and O–H groups in total. The monoisotopic (exact) mass is 336 g/mol. The van der Waals surface area contributed by atoms with E-state index in [0.29, 0.717) is 24.6 Å². The summed E-state index contributed by atoms with van der Waals surface area (Å²) in [4.78, 5) is 8.90. The van der Waals surface area contributed by atoms with Crippen LogP contribution in [0.2, 0.25) is 0 Å². The van der Waals surface area contributed by atoms with Crippen molar-refractivity contribution in [1.82, 2.24) is 0 Å². The largest absolute Gasteiger partial charge is 1.00 e. The molecular formula is C11H13F4N2NaO4. The molecule has 0 aromatic heterocycles. The van der Waals surface area contributed by atoms with Crippen LogP contribution in [0.5, 0.6) is 0 Å². The first kappa shape index (κ1) is 22.9. The van der Waals surface area contributed by atoms with E-state index in [4.69, 9.17) is 9.94 Å². The number of nitro groups is 1. The van der Waals surface area contributed by atoms with E-state index in [2.05, 4.69) is 5.16 Å². The Morgan fingerprint density at radius 3 is 2.36 bits per heavy atom. The molecular weight excluding hydrogens is 323 g/mol. The standard InChI is InChI=1S/C7H3F4NO2.C4H9NO2.Na.H/c8-5-2-1-4(7(9,10)11)3-6(5)12(13)14;1-3-7-4(2)5-6;;/h1-3H;6H,3H2,1-2H3;;/q;;+1;-1/b;5-4-;;. The van der Waals surface area contributed by atoms with Gasteiger partial charge in [0.05, 0.1) is 17.1 Å². The van der Waals surface area contributed by atoms with E-state index in [1.807, 2.05) is 6.92 Å². The molecule has 0 aliphatic heterocycles. The normalized spacial score (nSPS) is 10.9. The second-order valence-electron chi connectivity index (χ2n) is 3.47. The van der Waals surface area contributed by atoms with Gasteiger partial charge in [0.25, 0.3) is 0 Å². The minimum atomic E-state index is -4.71. The fraction of sp³-hybridized carbons (Fsp3) is 0.364. The fourth-order valence-corrected chi connectivity index (χ4v) is 1.07. The molecule has 0 fully saturated rings. The fourth-order valence-electron chi connectivity index (χ4n) is 1.07. The first-order chi connectivity index (χ1) is 9.63. The van der Waals surface area contributed by atoms with E-state index in [1.165, 1.54) is 0 Å². The third kappa shape index (κ3) is 8.15. The Labute approximate surface area is 146 Å². The van der Waals surface area contributed by atoms with E-state index in [0.717, 1.165) is 0 Å². The molecule has 1 aromatic rings. The Hall–Kier alpha value is -1.39. The zero-order chi connectivity index (χ0) is 16.6. The molecule has 0 unspecified atom stereocenters. The van der Waals surface area contributed by atoms with Crippen molar-refractivity contribution < 1.29 is 63.4 Å². The van der Waals surface area contributed by atoms with Crippen molar-refractivity contribution in [2.24, 2.45) is 5.16 Å². The van der Waals surface area contributed by atoms with Crippen LogP contribution in [0, 0.1) is 15.9 Å². The van der Waals surface area contributed by atoms with Gasteiger partial charge in [-0.2, -0.15) is 17.6 Å². The molecule has 0 aliphatic carbocycles. The Balaban J connectivity index is -0.000000386. The van der Waals surface area contributed by atoms with Crippen molar-refractivity contribution in [1.29, 1.82) is 0 Å². The summed E-state index contributed by atoms with van der Waals surface area (Å²) in [5.74, 6) is -0.981. The van der Waals surface area contributed by atoms with Crippen LogP contribution in [-0.4, -0.2) is 22.6 Å². The number of nitrogens with zero attached hydrogens (tertiary/aromatic N) is 2. The molecule has 6 nitrogen and oxygen atoms in total. The van der Waals surface area contributed by atoms with E-state index >= 15 is 0 Å². The molecule has 0 spiro atoms. The van der Waals surface area contributed by atoms with Gasteiger partial charge in [0.15, 0.2) is 0 Å². The molecule has 1 rings (SSSR count). The van der Waals surface area contributed by atoms with Gasteiger partial charge in [-0.3, -0.25) is 10.1 Å². The quantitative estimate of drug-likeness (QED) is 0.164. The van der Waals surface area contributed by atoms with E-state index in [1.54, 1.807) is 6.92 Å². The number of ether oxygens (including phenoxy) is 1. The van der Waals surface area contributed by atoms with Crippen LogP contribution < -0.4 is 29.6 Å². The van der Waals surface area contributed by atoms with Crippen molar-refractivity contribution in [3.05, 3.63) is 39.7 Å². The molecule has 0 radical (unpaired) electrons. The smallest absolute Gasteiger partial charge is 1.00 e. The van der Waals surface area contributed by atoms with Gasteiger partial charge in [-0.25, -0.2) is 0 Å². The van der Waals surface area contributed by atoms with Gasteiger partial charge in [0, 0.05) is 13.0 Å². The van der Waals surface area contributed by atoms with Crippen LogP contribution in [0.15, 0.2) is 23.4 Å². The Morgan fingerprint density at radius 2 is 2.05 bits per heavy atom. The number of rotatable bonds is 2. The summed E-state index contributed by atoms with van der Waals surface area (Å²) < 4.78 is 53.3. The average molecular weight is 336 g/mol. The third-order valence-electron chi connectivity index (χ3n) is 1.96. The van der Waals surface area contributed by atoms with Gasteiger partial charge in [-0.05, 0) is 19.1 Å². The van der Waals surface area contributed by atoms with Gasteiger partial charge in [-0.1, -0.05) is 5.16 Å². The molecule has 11 heteroatoms. The van der Waals surface area contributed by atoms with Crippen molar-refractivity contribution in [2.75, 3.05) is 6.61 Å². The molecule has 22 heavy (non-hydrogen) atoms. The second-order valence-corrected chi connectivity index (χ2v) is 3.47. The summed E-state index contributed by atoms with van der Waals surface area (Å²) in [5.41, 5.74) is -2.43. The van der Waals surface area contributed by atoms with Crippen LogP contribution in [0.25, 0.3) is 0 Å². The predicted molar refractivity (Wildman–Crippen MR) is 65.7 cm³/mol. The topological polar surface area (TPSA) is 85.0 Å². The minimum absolute atomic E-state index is 0. The summed E-state index contributed by atoms with van der Waals surface area (Å²) in [7, 11) is 0. The summed E-state index contributed by atoms with van der Waals surface area (Å²) in [6, 6.07) is 1.03. The summed E-state index contributed by atoms with van der Waals surface area (Å²) in [6.45, 7) is 3.97. The molecule has 0 atom stereocenters. The zero-order valence-corrected chi connectivity index (χ0v) is 14.0. The number of alkyl halides is 3. The Morgan fingerprint density at radius 1 is 1.50 bits per heavy atom. The number of oxime groups is 1. The first-order valence-electron chi connectivity index (χ1n) is 5.46. The predicted octanol–water partition coefficient (Wildman–Crippen LogP) is 0.700. The van der Waals surface area contributed by atoms with E-state index in [-0.39, 0.29) is 37.1 Å². The Kier molecular flexibility index (Phi) is 10.8. The molecule has 0 aliphatic rings. The number of hydrogen-bond donors (Lipinski definition) is 1. The Bertz CT molecular complexity index is 529. The van der Waals surface area contributed by atoms with Gasteiger partial charge < -0.3 is 11.4 Å². The van der Waals surface area contributed by atoms with Gasteiger partial charge in [-0.15, -0.1) is 0 Å². The van der Waals surface area contributed by atoms with E-state index < -0.39 is 28.2 Å². The SMILES string of the molecule is CCO/C(C)=N\O.O=[N+]([O-])c1cc(C(F)(F)F)ccc1F.[H-].[Na+]. The number of nitro benzene ring substituents is 1. The van der Waals surface area contributed by atoms with Crippen molar-refractivity contribution in [3.8, 4) is 0 Å². The maximum atomic E-state index is 12.6. The summed E-state index contributed by atoms with van der Waals surface area (Å²) >= 11 is 0. The third-order valence-corrected chi connectivity index (χ3v) is 1.96. The van der Waals surface area contributed by atoms with Crippen LogP contribution in [0.4, 0.5) is 23.2 Å².